The second-order valence-corrected chi connectivity index (χ2v) is 0.417. The number of nitrogens with zero attached hydrogens (tertiary/aromatic N) is 1. The number of aliphatic carboxylic acids is 1. The van der Waals surface area contributed by atoms with E-state index < -0.39 is 5.97 Å². The first-order chi connectivity index (χ1) is 2.27. The van der Waals surface area contributed by atoms with Gasteiger partial charge in [0.1, 0.15) is 0 Å². The molecule has 0 radical (unpaired) electrons. The molecule has 0 aliphatic carbocycles. The van der Waals surface area contributed by atoms with Gasteiger partial charge in [-0.1, -0.05) is 0 Å². The van der Waals surface area contributed by atoms with Gasteiger partial charge in [-0.05, 0) is 0 Å². The summed E-state index contributed by atoms with van der Waals surface area (Å²) < 4.78 is 0. The van der Waals surface area contributed by atoms with Crippen LogP contribution in [0.2, 0.25) is 0 Å². The van der Waals surface area contributed by atoms with E-state index in [0.29, 0.717) is 0 Å². The van der Waals surface area contributed by atoms with Crippen molar-refractivity contribution in [1.29, 1.82) is 5.26 Å². The van der Waals surface area contributed by atoms with Crippen LogP contribution < -0.4 is 0 Å². The molecule has 0 atom stereocenters. The second kappa shape index (κ2) is 5.60. The molecule has 0 bridgehead atoms. The van der Waals surface area contributed by atoms with Crippen molar-refractivity contribution in [1.82, 2.24) is 0 Å². The fourth-order valence-corrected chi connectivity index (χ4v) is 0. The van der Waals surface area contributed by atoms with Gasteiger partial charge in [-0.25, -0.2) is 4.79 Å². The molecular formula is C2H2KNO2. The Morgan fingerprint density at radius 1 is 1.83 bits per heavy atom. The first-order valence-electron chi connectivity index (χ1n) is 0.901. The summed E-state index contributed by atoms with van der Waals surface area (Å²) in [6.45, 7) is 0. The fraction of sp³-hybridized carbons (Fsp3) is 0. The monoisotopic (exact) mass is 111 g/mol. The van der Waals surface area contributed by atoms with Gasteiger partial charge in [-0.2, -0.15) is 5.26 Å². The van der Waals surface area contributed by atoms with Crippen LogP contribution in [0, 0.1) is 11.3 Å². The zero-order chi connectivity index (χ0) is 4.28. The number of carboxylic acids is 1. The molecule has 1 N–H and O–H groups in total. The van der Waals surface area contributed by atoms with E-state index in [2.05, 4.69) is 0 Å². The Labute approximate surface area is 77.4 Å². The van der Waals surface area contributed by atoms with Gasteiger partial charge < -0.3 is 5.11 Å². The quantitative estimate of drug-likeness (QED) is 0.246. The molecule has 28 valence electrons. The number of nitriles is 1. The number of rotatable bonds is 0. The summed E-state index contributed by atoms with van der Waals surface area (Å²) in [6.07, 6.45) is 0. The topological polar surface area (TPSA) is 61.1 Å². The predicted molar refractivity (Wildman–Crippen MR) is 20.4 cm³/mol. The molecule has 0 saturated carbocycles. The SMILES string of the molecule is N#CC(=O)O.[KH]. The average Bonchev–Trinajstić information content (AvgIpc) is 1.38. The van der Waals surface area contributed by atoms with Gasteiger partial charge in [-0.15, -0.1) is 0 Å². The predicted octanol–water partition coefficient (Wildman–Crippen LogP) is -1.05. The Morgan fingerprint density at radius 3 is 2.00 bits per heavy atom. The standard InChI is InChI=1S/C2HNO2.K.H/c3-1-2(4)5;;/h(H,4,5);;. The van der Waals surface area contributed by atoms with Gasteiger partial charge in [0.25, 0.3) is 0 Å². The Kier molecular flexibility index (Phi) is 9.12. The van der Waals surface area contributed by atoms with Gasteiger partial charge in [0.2, 0.25) is 0 Å². The van der Waals surface area contributed by atoms with Crippen molar-refractivity contribution in [2.24, 2.45) is 0 Å². The molecule has 0 aromatic rings. The van der Waals surface area contributed by atoms with Crippen LogP contribution in [0.4, 0.5) is 0 Å². The van der Waals surface area contributed by atoms with E-state index in [4.69, 9.17) is 15.2 Å². The maximum atomic E-state index is 9.01. The van der Waals surface area contributed by atoms with Crippen LogP contribution in [-0.2, 0) is 4.79 Å². The Bertz CT molecular complexity index is 84.0. The molecule has 0 spiro atoms. The van der Waals surface area contributed by atoms with Crippen LogP contribution in [0.3, 0.4) is 0 Å². The van der Waals surface area contributed by atoms with Gasteiger partial charge in [0.05, 0.1) is 0 Å². The summed E-state index contributed by atoms with van der Waals surface area (Å²) in [4.78, 5) is 9.01. The summed E-state index contributed by atoms with van der Waals surface area (Å²) in [6, 6.07) is 0.944. The van der Waals surface area contributed by atoms with Crippen LogP contribution >= 0.6 is 0 Å². The van der Waals surface area contributed by atoms with Crippen LogP contribution in [-0.4, -0.2) is 62.5 Å². The zero-order valence-electron chi connectivity index (χ0n) is 2.30. The molecule has 0 saturated heterocycles. The molecule has 0 fully saturated rings. The van der Waals surface area contributed by atoms with E-state index in [9.17, 15) is 0 Å². The third kappa shape index (κ3) is 8.82. The van der Waals surface area contributed by atoms with E-state index in [1.54, 1.807) is 0 Å². The van der Waals surface area contributed by atoms with Crippen molar-refractivity contribution in [3.05, 3.63) is 0 Å². The molecule has 0 heterocycles. The number of hydrogen-bond donors (Lipinski definition) is 1. The van der Waals surface area contributed by atoms with Crippen molar-refractivity contribution in [2.45, 2.75) is 0 Å². The Hall–Kier alpha value is 0.596. The zero-order valence-corrected chi connectivity index (χ0v) is 2.30. The van der Waals surface area contributed by atoms with E-state index in [-0.39, 0.29) is 51.4 Å². The van der Waals surface area contributed by atoms with Gasteiger partial charge in [-0.3, -0.25) is 0 Å². The van der Waals surface area contributed by atoms with E-state index in [1.807, 2.05) is 0 Å². The van der Waals surface area contributed by atoms with Crippen LogP contribution in [0.5, 0.6) is 0 Å². The first kappa shape index (κ1) is 9.78. The molecule has 0 aromatic carbocycles. The number of hydrogen-bond acceptors (Lipinski definition) is 2. The van der Waals surface area contributed by atoms with Crippen LogP contribution in [0.15, 0.2) is 0 Å². The third-order valence-electron chi connectivity index (χ3n) is 0.0956. The first-order valence-corrected chi connectivity index (χ1v) is 0.901. The van der Waals surface area contributed by atoms with Gasteiger partial charge in [0, 0.05) is 0 Å². The van der Waals surface area contributed by atoms with E-state index in [1.165, 1.54) is 0 Å². The molecule has 0 amide bonds. The number of carboxylic acid groups (broad SMARTS) is 1. The third-order valence-corrected chi connectivity index (χ3v) is 0.0956. The summed E-state index contributed by atoms with van der Waals surface area (Å²) in [7, 11) is 0. The molecule has 0 aliphatic heterocycles. The normalized spacial score (nSPS) is 4.50. The fourth-order valence-electron chi connectivity index (χ4n) is 0. The second-order valence-electron chi connectivity index (χ2n) is 0.417. The van der Waals surface area contributed by atoms with Crippen molar-refractivity contribution < 1.29 is 9.90 Å². The van der Waals surface area contributed by atoms with Gasteiger partial charge in [0.15, 0.2) is 6.07 Å². The molecule has 0 aliphatic rings. The van der Waals surface area contributed by atoms with Crippen molar-refractivity contribution in [3.8, 4) is 6.07 Å². The molecule has 0 aromatic heterocycles. The summed E-state index contributed by atoms with van der Waals surface area (Å²) in [5, 5.41) is 14.7. The van der Waals surface area contributed by atoms with Crippen LogP contribution in [0.25, 0.3) is 0 Å². The summed E-state index contributed by atoms with van der Waals surface area (Å²) in [5.74, 6) is -1.44. The molecular weight excluding hydrogens is 109 g/mol. The molecule has 3 nitrogen and oxygen atoms in total. The Morgan fingerprint density at radius 2 is 2.00 bits per heavy atom. The minimum atomic E-state index is -1.44. The van der Waals surface area contributed by atoms with Crippen LogP contribution in [0.1, 0.15) is 0 Å². The van der Waals surface area contributed by atoms with Gasteiger partial charge >= 0.3 is 57.4 Å². The molecule has 0 rings (SSSR count). The molecule has 4 heteroatoms. The molecule has 6 heavy (non-hydrogen) atoms. The van der Waals surface area contributed by atoms with Crippen molar-refractivity contribution >= 4 is 57.4 Å². The Balaban J connectivity index is 0. The average molecular weight is 111 g/mol. The van der Waals surface area contributed by atoms with E-state index >= 15 is 0 Å². The van der Waals surface area contributed by atoms with Crippen molar-refractivity contribution in [3.63, 3.8) is 0 Å². The number of carbonyl (C=O) groups is 1. The van der Waals surface area contributed by atoms with E-state index in [0.717, 1.165) is 6.07 Å². The molecule has 0 unspecified atom stereocenters. The summed E-state index contributed by atoms with van der Waals surface area (Å²) >= 11 is 0. The maximum absolute atomic E-state index is 9.01. The summed E-state index contributed by atoms with van der Waals surface area (Å²) in [5.41, 5.74) is 0. The minimum absolute atomic E-state index is 0. The van der Waals surface area contributed by atoms with Crippen molar-refractivity contribution in [2.75, 3.05) is 0 Å².